The standard InChI is InChI=1S/C21H25NOS2/c1-16(2)15-25-21(22-18-7-5-17(3)6-8-18)13-14-24-20-11-9-19(23-4)10-12-20/h5-14,16H,15H2,1-4H3. The van der Waals surface area contributed by atoms with Crippen LogP contribution in [0.2, 0.25) is 0 Å². The highest BCUT2D eigenvalue weighted by Crippen LogP contribution is 2.24. The molecule has 0 aliphatic rings. The van der Waals surface area contributed by atoms with Gasteiger partial charge < -0.3 is 4.74 Å². The Morgan fingerprint density at radius 2 is 1.76 bits per heavy atom. The topological polar surface area (TPSA) is 21.6 Å². The zero-order valence-electron chi connectivity index (χ0n) is 15.2. The van der Waals surface area contributed by atoms with Gasteiger partial charge in [-0.3, -0.25) is 0 Å². The molecule has 0 fully saturated rings. The van der Waals surface area contributed by atoms with Crippen molar-refractivity contribution in [3.8, 4) is 5.75 Å². The minimum Gasteiger partial charge on any atom is -0.497 e. The summed E-state index contributed by atoms with van der Waals surface area (Å²) in [6.07, 6.45) is 2.10. The second kappa shape index (κ2) is 10.4. The van der Waals surface area contributed by atoms with Gasteiger partial charge in [-0.25, -0.2) is 4.99 Å². The fourth-order valence-electron chi connectivity index (χ4n) is 1.94. The molecular weight excluding hydrogens is 346 g/mol. The number of aryl methyl sites for hydroxylation is 1. The van der Waals surface area contributed by atoms with Crippen LogP contribution < -0.4 is 4.74 Å². The lowest BCUT2D eigenvalue weighted by atomic mass is 10.2. The molecule has 0 amide bonds. The van der Waals surface area contributed by atoms with Crippen molar-refractivity contribution in [1.29, 1.82) is 0 Å². The van der Waals surface area contributed by atoms with Crippen LogP contribution in [-0.4, -0.2) is 17.9 Å². The average molecular weight is 372 g/mol. The predicted octanol–water partition coefficient (Wildman–Crippen LogP) is 6.73. The molecule has 0 heterocycles. The molecule has 0 aliphatic carbocycles. The molecule has 4 heteroatoms. The Morgan fingerprint density at radius 3 is 2.36 bits per heavy atom. The molecule has 2 aromatic rings. The van der Waals surface area contributed by atoms with Gasteiger partial charge >= 0.3 is 0 Å². The Hall–Kier alpha value is -1.65. The summed E-state index contributed by atoms with van der Waals surface area (Å²) in [6, 6.07) is 16.4. The van der Waals surface area contributed by atoms with Crippen LogP contribution in [-0.2, 0) is 0 Å². The Kier molecular flexibility index (Phi) is 8.16. The quantitative estimate of drug-likeness (QED) is 0.306. The summed E-state index contributed by atoms with van der Waals surface area (Å²) in [5, 5.41) is 3.14. The van der Waals surface area contributed by atoms with Gasteiger partial charge in [0.25, 0.3) is 0 Å². The van der Waals surface area contributed by atoms with Crippen LogP contribution in [0.15, 0.2) is 69.9 Å². The van der Waals surface area contributed by atoms with Crippen molar-refractivity contribution in [2.75, 3.05) is 12.9 Å². The largest absolute Gasteiger partial charge is 0.497 e. The van der Waals surface area contributed by atoms with Crippen molar-refractivity contribution >= 4 is 34.3 Å². The molecule has 0 N–H and O–H groups in total. The maximum absolute atomic E-state index is 5.19. The number of hydrogen-bond acceptors (Lipinski definition) is 4. The van der Waals surface area contributed by atoms with Crippen LogP contribution in [0.3, 0.4) is 0 Å². The van der Waals surface area contributed by atoms with Gasteiger partial charge in [0.2, 0.25) is 0 Å². The Labute approximate surface area is 159 Å². The molecule has 25 heavy (non-hydrogen) atoms. The fourth-order valence-corrected chi connectivity index (χ4v) is 3.51. The van der Waals surface area contributed by atoms with E-state index in [0.29, 0.717) is 5.92 Å². The molecule has 132 valence electrons. The Bertz CT molecular complexity index is 704. The van der Waals surface area contributed by atoms with Crippen molar-refractivity contribution in [1.82, 2.24) is 0 Å². The number of aliphatic imine (C=N–C) groups is 1. The summed E-state index contributed by atoms with van der Waals surface area (Å²) in [5.41, 5.74) is 2.25. The summed E-state index contributed by atoms with van der Waals surface area (Å²) in [5.74, 6) is 2.57. The predicted molar refractivity (Wildman–Crippen MR) is 114 cm³/mol. The van der Waals surface area contributed by atoms with Gasteiger partial charge in [-0.1, -0.05) is 43.3 Å². The second-order valence-corrected chi connectivity index (χ2v) is 8.11. The van der Waals surface area contributed by atoms with Crippen molar-refractivity contribution in [3.63, 3.8) is 0 Å². The number of rotatable bonds is 7. The highest BCUT2D eigenvalue weighted by atomic mass is 32.2. The highest BCUT2D eigenvalue weighted by molar-refractivity contribution is 8.14. The maximum atomic E-state index is 5.19. The van der Waals surface area contributed by atoms with Crippen LogP contribution in [0.4, 0.5) is 5.69 Å². The number of thioether (sulfide) groups is 2. The molecule has 0 radical (unpaired) electrons. The lowest BCUT2D eigenvalue weighted by Gasteiger charge is -2.05. The highest BCUT2D eigenvalue weighted by Gasteiger charge is 2.01. The van der Waals surface area contributed by atoms with E-state index in [9.17, 15) is 0 Å². The number of benzene rings is 2. The third kappa shape index (κ3) is 7.41. The maximum Gasteiger partial charge on any atom is 0.118 e. The monoisotopic (exact) mass is 371 g/mol. The van der Waals surface area contributed by atoms with Crippen LogP contribution in [0.25, 0.3) is 0 Å². The summed E-state index contributed by atoms with van der Waals surface area (Å²) >= 11 is 3.48. The fraction of sp³-hybridized carbons (Fsp3) is 0.286. The second-order valence-electron chi connectivity index (χ2n) is 6.09. The van der Waals surface area contributed by atoms with E-state index in [1.807, 2.05) is 12.1 Å². The molecule has 0 unspecified atom stereocenters. The smallest absolute Gasteiger partial charge is 0.118 e. The zero-order valence-corrected chi connectivity index (χ0v) is 16.9. The first-order chi connectivity index (χ1) is 12.1. The van der Waals surface area contributed by atoms with Crippen LogP contribution >= 0.6 is 23.5 Å². The molecule has 2 nitrogen and oxygen atoms in total. The molecular formula is C21H25NOS2. The van der Waals surface area contributed by atoms with Gasteiger partial charge in [0.05, 0.1) is 17.8 Å². The van der Waals surface area contributed by atoms with E-state index in [4.69, 9.17) is 9.73 Å². The molecule has 0 atom stereocenters. The van der Waals surface area contributed by atoms with E-state index in [1.165, 1.54) is 10.5 Å². The average Bonchev–Trinajstić information content (AvgIpc) is 2.62. The molecule has 0 aromatic heterocycles. The molecule has 0 bridgehead atoms. The lowest BCUT2D eigenvalue weighted by Crippen LogP contribution is -1.95. The number of ether oxygens (including phenoxy) is 1. The normalized spacial score (nSPS) is 12.1. The van der Waals surface area contributed by atoms with Crippen LogP contribution in [0.1, 0.15) is 19.4 Å². The van der Waals surface area contributed by atoms with Crippen molar-refractivity contribution < 1.29 is 4.74 Å². The van der Waals surface area contributed by atoms with Gasteiger partial charge in [-0.2, -0.15) is 0 Å². The molecule has 2 aromatic carbocycles. The molecule has 0 saturated carbocycles. The van der Waals surface area contributed by atoms with Crippen LogP contribution in [0.5, 0.6) is 5.75 Å². The summed E-state index contributed by atoms with van der Waals surface area (Å²) in [4.78, 5) is 5.97. The summed E-state index contributed by atoms with van der Waals surface area (Å²) < 4.78 is 5.19. The van der Waals surface area contributed by atoms with E-state index in [1.54, 1.807) is 30.6 Å². The Balaban J connectivity index is 2.07. The van der Waals surface area contributed by atoms with Gasteiger partial charge in [-0.05, 0) is 60.7 Å². The first-order valence-electron chi connectivity index (χ1n) is 8.32. The SMILES string of the molecule is COc1ccc(SC=CC(=Nc2ccc(C)cc2)SCC(C)C)cc1. The minimum absolute atomic E-state index is 0.635. The summed E-state index contributed by atoms with van der Waals surface area (Å²) in [7, 11) is 1.68. The number of nitrogens with zero attached hydrogens (tertiary/aromatic N) is 1. The third-order valence-corrected chi connectivity index (χ3v) is 5.48. The van der Waals surface area contributed by atoms with Gasteiger partial charge in [-0.15, -0.1) is 11.8 Å². The first kappa shape index (κ1) is 19.7. The number of hydrogen-bond donors (Lipinski definition) is 0. The third-order valence-electron chi connectivity index (χ3n) is 3.31. The van der Waals surface area contributed by atoms with Crippen molar-refractivity contribution in [3.05, 3.63) is 65.6 Å². The van der Waals surface area contributed by atoms with Crippen LogP contribution in [0, 0.1) is 12.8 Å². The van der Waals surface area contributed by atoms with Crippen molar-refractivity contribution in [2.24, 2.45) is 10.9 Å². The van der Waals surface area contributed by atoms with Gasteiger partial charge in [0.15, 0.2) is 0 Å². The van der Waals surface area contributed by atoms with Gasteiger partial charge in [0.1, 0.15) is 5.75 Å². The Morgan fingerprint density at radius 1 is 1.08 bits per heavy atom. The summed E-state index contributed by atoms with van der Waals surface area (Å²) in [6.45, 7) is 6.55. The molecule has 0 aliphatic heterocycles. The minimum atomic E-state index is 0.635. The number of methoxy groups -OCH3 is 1. The molecule has 2 rings (SSSR count). The van der Waals surface area contributed by atoms with Gasteiger partial charge in [0, 0.05) is 10.6 Å². The molecule has 0 saturated heterocycles. The van der Waals surface area contributed by atoms with E-state index in [-0.39, 0.29) is 0 Å². The van der Waals surface area contributed by atoms with E-state index >= 15 is 0 Å². The first-order valence-corrected chi connectivity index (χ1v) is 10.2. The molecule has 0 spiro atoms. The van der Waals surface area contributed by atoms with E-state index in [0.717, 1.165) is 22.2 Å². The van der Waals surface area contributed by atoms with E-state index in [2.05, 4.69) is 68.7 Å². The zero-order chi connectivity index (χ0) is 18.1. The van der Waals surface area contributed by atoms with Crippen molar-refractivity contribution in [2.45, 2.75) is 25.7 Å². The van der Waals surface area contributed by atoms with E-state index < -0.39 is 0 Å². The lowest BCUT2D eigenvalue weighted by molar-refractivity contribution is 0.414.